The predicted octanol–water partition coefficient (Wildman–Crippen LogP) is 4.35. The first kappa shape index (κ1) is 15.8. The number of aromatic nitrogens is 3. The Hall–Kier alpha value is -2.04. The lowest BCUT2D eigenvalue weighted by atomic mass is 10.2. The Balaban J connectivity index is 2.01. The molecule has 1 aromatic carbocycles. The number of thioether (sulfide) groups is 1. The Labute approximate surface area is 146 Å². The van der Waals surface area contributed by atoms with Gasteiger partial charge in [-0.05, 0) is 40.5 Å². The van der Waals surface area contributed by atoms with E-state index in [1.165, 1.54) is 11.8 Å². The average Bonchev–Trinajstić information content (AvgIpc) is 3.15. The average molecular weight is 389 g/mol. The minimum absolute atomic E-state index is 0.204. The molecule has 3 rings (SSSR count). The van der Waals surface area contributed by atoms with Crippen LogP contribution < -0.4 is 0 Å². The molecule has 0 saturated heterocycles. The molecule has 0 amide bonds. The number of nitriles is 1. The molecule has 1 unspecified atom stereocenters. The lowest BCUT2D eigenvalue weighted by Gasteiger charge is -2.09. The molecule has 1 atom stereocenters. The summed E-state index contributed by atoms with van der Waals surface area (Å²) in [6.07, 6.45) is 0. The Morgan fingerprint density at radius 1 is 1.26 bits per heavy atom. The van der Waals surface area contributed by atoms with E-state index in [4.69, 9.17) is 9.68 Å². The minimum Gasteiger partial charge on any atom is -0.446 e. The van der Waals surface area contributed by atoms with Crippen molar-refractivity contribution in [2.24, 2.45) is 0 Å². The van der Waals surface area contributed by atoms with Crippen molar-refractivity contribution in [1.29, 1.82) is 5.26 Å². The zero-order chi connectivity index (χ0) is 16.2. The fraction of sp³-hybridized carbons (Fsp3) is 0.188. The molecular weight excluding hydrogens is 376 g/mol. The molecule has 2 heterocycles. The summed E-state index contributed by atoms with van der Waals surface area (Å²) < 4.78 is 8.22. The Morgan fingerprint density at radius 2 is 2.04 bits per heavy atom. The second-order valence-electron chi connectivity index (χ2n) is 4.87. The van der Waals surface area contributed by atoms with Crippen LogP contribution in [0.3, 0.4) is 0 Å². The number of furan rings is 1. The largest absolute Gasteiger partial charge is 0.446 e. The second-order valence-corrected chi connectivity index (χ2v) is 6.96. The summed E-state index contributed by atoms with van der Waals surface area (Å²) in [6, 6.07) is 15.9. The van der Waals surface area contributed by atoms with Gasteiger partial charge in [0.15, 0.2) is 15.6 Å². The van der Waals surface area contributed by atoms with Crippen molar-refractivity contribution in [3.63, 3.8) is 0 Å². The van der Waals surface area contributed by atoms with Crippen molar-refractivity contribution in [1.82, 2.24) is 14.8 Å². The summed E-state index contributed by atoms with van der Waals surface area (Å²) in [6.45, 7) is 2.46. The smallest absolute Gasteiger partial charge is 0.200 e. The summed E-state index contributed by atoms with van der Waals surface area (Å²) in [5.41, 5.74) is 1.13. The topological polar surface area (TPSA) is 67.6 Å². The van der Waals surface area contributed by atoms with Gasteiger partial charge in [-0.25, -0.2) is 0 Å². The van der Waals surface area contributed by atoms with Crippen LogP contribution in [-0.4, -0.2) is 20.0 Å². The van der Waals surface area contributed by atoms with Crippen molar-refractivity contribution >= 4 is 27.7 Å². The third-order valence-corrected chi connectivity index (χ3v) is 4.56. The van der Waals surface area contributed by atoms with Crippen LogP contribution in [0.2, 0.25) is 0 Å². The quantitative estimate of drug-likeness (QED) is 0.607. The van der Waals surface area contributed by atoms with Gasteiger partial charge in [-0.1, -0.05) is 42.1 Å². The Kier molecular flexibility index (Phi) is 4.84. The molecule has 116 valence electrons. The number of benzene rings is 1. The lowest BCUT2D eigenvalue weighted by molar-refractivity contribution is 0.545. The highest BCUT2D eigenvalue weighted by molar-refractivity contribution is 9.10. The highest BCUT2D eigenvalue weighted by Gasteiger charge is 2.19. The van der Waals surface area contributed by atoms with Crippen LogP contribution in [0.25, 0.3) is 11.6 Å². The monoisotopic (exact) mass is 388 g/mol. The molecule has 0 fully saturated rings. The van der Waals surface area contributed by atoms with Crippen LogP contribution in [0.1, 0.15) is 12.5 Å². The highest BCUT2D eigenvalue weighted by Crippen LogP contribution is 2.29. The van der Waals surface area contributed by atoms with Crippen molar-refractivity contribution in [3.8, 4) is 17.7 Å². The Bertz CT molecular complexity index is 837. The number of hydrogen-bond donors (Lipinski definition) is 0. The SMILES string of the molecule is CC(C#N)Sc1nnc(-c2ccc(Br)o2)n1Cc1ccccc1. The molecule has 2 aromatic heterocycles. The molecule has 7 heteroatoms. The van der Waals surface area contributed by atoms with E-state index in [1.54, 1.807) is 0 Å². The van der Waals surface area contributed by atoms with Gasteiger partial charge in [0, 0.05) is 0 Å². The van der Waals surface area contributed by atoms with Crippen molar-refractivity contribution in [2.45, 2.75) is 23.9 Å². The molecule has 0 radical (unpaired) electrons. The molecular formula is C16H13BrN4OS. The van der Waals surface area contributed by atoms with Gasteiger partial charge >= 0.3 is 0 Å². The molecule has 0 saturated carbocycles. The van der Waals surface area contributed by atoms with Crippen molar-refractivity contribution in [3.05, 3.63) is 52.7 Å². The van der Waals surface area contributed by atoms with Crippen molar-refractivity contribution in [2.75, 3.05) is 0 Å². The van der Waals surface area contributed by atoms with E-state index in [9.17, 15) is 0 Å². The molecule has 5 nitrogen and oxygen atoms in total. The standard InChI is InChI=1S/C16H13BrN4OS/c1-11(9-18)23-16-20-19-15(13-7-8-14(17)22-13)21(16)10-12-5-3-2-4-6-12/h2-8,11H,10H2,1H3. The molecule has 0 aliphatic rings. The van der Waals surface area contributed by atoms with Crippen LogP contribution in [0.5, 0.6) is 0 Å². The van der Waals surface area contributed by atoms with Gasteiger partial charge in [-0.3, -0.25) is 4.57 Å². The first-order valence-corrected chi connectivity index (χ1v) is 8.63. The molecule has 23 heavy (non-hydrogen) atoms. The fourth-order valence-electron chi connectivity index (χ4n) is 2.09. The van der Waals surface area contributed by atoms with Crippen LogP contribution in [-0.2, 0) is 6.54 Å². The number of nitrogens with zero attached hydrogens (tertiary/aromatic N) is 4. The number of halogens is 1. The number of hydrogen-bond acceptors (Lipinski definition) is 5. The first-order chi connectivity index (χ1) is 11.2. The summed E-state index contributed by atoms with van der Waals surface area (Å²) >= 11 is 4.69. The molecule has 3 aromatic rings. The maximum Gasteiger partial charge on any atom is 0.200 e. The van der Waals surface area contributed by atoms with Gasteiger partial charge in [0.1, 0.15) is 0 Å². The zero-order valence-electron chi connectivity index (χ0n) is 12.3. The number of rotatable bonds is 5. The summed E-state index contributed by atoms with van der Waals surface area (Å²) in [5.74, 6) is 1.28. The van der Waals surface area contributed by atoms with E-state index in [0.717, 1.165) is 5.56 Å². The maximum atomic E-state index is 9.05. The van der Waals surface area contributed by atoms with E-state index in [-0.39, 0.29) is 5.25 Å². The van der Waals surface area contributed by atoms with Crippen molar-refractivity contribution < 1.29 is 4.42 Å². The highest BCUT2D eigenvalue weighted by atomic mass is 79.9. The van der Waals surface area contributed by atoms with Gasteiger partial charge in [-0.15, -0.1) is 10.2 Å². The molecule has 0 N–H and O–H groups in total. The summed E-state index contributed by atoms with van der Waals surface area (Å²) in [5, 5.41) is 18.0. The van der Waals surface area contributed by atoms with E-state index in [2.05, 4.69) is 32.2 Å². The fourth-order valence-corrected chi connectivity index (χ4v) is 3.13. The molecule has 0 aliphatic carbocycles. The third-order valence-electron chi connectivity index (χ3n) is 3.16. The predicted molar refractivity (Wildman–Crippen MR) is 91.9 cm³/mol. The van der Waals surface area contributed by atoms with Crippen LogP contribution in [0, 0.1) is 11.3 Å². The normalized spacial score (nSPS) is 12.0. The lowest BCUT2D eigenvalue weighted by Crippen LogP contribution is -2.05. The van der Waals surface area contributed by atoms with Gasteiger partial charge in [0.25, 0.3) is 0 Å². The minimum atomic E-state index is -0.204. The second kappa shape index (κ2) is 7.02. The van der Waals surface area contributed by atoms with Crippen LogP contribution in [0.15, 0.2) is 56.7 Å². The van der Waals surface area contributed by atoms with E-state index >= 15 is 0 Å². The zero-order valence-corrected chi connectivity index (χ0v) is 14.7. The van der Waals surface area contributed by atoms with Gasteiger partial charge in [-0.2, -0.15) is 5.26 Å². The Morgan fingerprint density at radius 3 is 2.70 bits per heavy atom. The molecule has 0 bridgehead atoms. The van der Waals surface area contributed by atoms with Gasteiger partial charge < -0.3 is 4.42 Å². The van der Waals surface area contributed by atoms with E-state index in [0.29, 0.717) is 28.0 Å². The van der Waals surface area contributed by atoms with Gasteiger partial charge in [0.2, 0.25) is 5.82 Å². The van der Waals surface area contributed by atoms with E-state index < -0.39 is 0 Å². The summed E-state index contributed by atoms with van der Waals surface area (Å²) in [4.78, 5) is 0. The molecule has 0 aliphatic heterocycles. The maximum absolute atomic E-state index is 9.05. The van der Waals surface area contributed by atoms with E-state index in [1.807, 2.05) is 54.0 Å². The third kappa shape index (κ3) is 3.66. The van der Waals surface area contributed by atoms with Crippen LogP contribution in [0.4, 0.5) is 0 Å². The first-order valence-electron chi connectivity index (χ1n) is 6.96. The van der Waals surface area contributed by atoms with Gasteiger partial charge in [0.05, 0.1) is 17.9 Å². The van der Waals surface area contributed by atoms with Crippen LogP contribution >= 0.6 is 27.7 Å². The summed E-state index contributed by atoms with van der Waals surface area (Å²) in [7, 11) is 0. The molecule has 0 spiro atoms.